The Balaban J connectivity index is 1.07. The summed E-state index contributed by atoms with van der Waals surface area (Å²) in [4.78, 5) is 25.1. The van der Waals surface area contributed by atoms with Gasteiger partial charge in [-0.15, -0.1) is 0 Å². The Morgan fingerprint density at radius 1 is 0.259 bits per heavy atom. The van der Waals surface area contributed by atoms with Crippen LogP contribution >= 0.6 is 0 Å². The van der Waals surface area contributed by atoms with Crippen molar-refractivity contribution in [3.8, 4) is 67.8 Å². The fourth-order valence-corrected chi connectivity index (χ4v) is 7.22. The number of rotatable bonds is 6. The number of hydrogen-bond acceptors (Lipinski definition) is 5. The number of benzene rings is 7. The summed E-state index contributed by atoms with van der Waals surface area (Å²) in [6.45, 7) is 0. The number of aromatic nitrogens is 5. The second kappa shape index (κ2) is 13.3. The van der Waals surface area contributed by atoms with Crippen LogP contribution in [0.15, 0.2) is 188 Å². The van der Waals surface area contributed by atoms with E-state index >= 15 is 0 Å². The van der Waals surface area contributed by atoms with Crippen LogP contribution in [0.25, 0.3) is 100 Å². The van der Waals surface area contributed by atoms with E-state index in [0.29, 0.717) is 17.5 Å². The first kappa shape index (κ1) is 31.4. The Morgan fingerprint density at radius 3 is 1.31 bits per heavy atom. The van der Waals surface area contributed by atoms with Gasteiger partial charge in [-0.1, -0.05) is 164 Å². The van der Waals surface area contributed by atoms with Crippen molar-refractivity contribution >= 4 is 32.6 Å². The van der Waals surface area contributed by atoms with Gasteiger partial charge >= 0.3 is 0 Å². The molecule has 0 aliphatic rings. The molecule has 10 aromatic rings. The lowest BCUT2D eigenvalue weighted by Crippen LogP contribution is -2.00. The third-order valence-electron chi connectivity index (χ3n) is 9.92. The maximum Gasteiger partial charge on any atom is 0.164 e. The van der Waals surface area contributed by atoms with Gasteiger partial charge in [0.25, 0.3) is 0 Å². The molecule has 0 N–H and O–H groups in total. The first-order chi connectivity index (χ1) is 26.7. The zero-order valence-electron chi connectivity index (χ0n) is 29.1. The van der Waals surface area contributed by atoms with Gasteiger partial charge in [0.2, 0.25) is 0 Å². The summed E-state index contributed by atoms with van der Waals surface area (Å²) in [7, 11) is 0. The van der Waals surface area contributed by atoms with Crippen molar-refractivity contribution in [2.75, 3.05) is 0 Å². The maximum absolute atomic E-state index is 5.38. The maximum atomic E-state index is 5.38. The van der Waals surface area contributed by atoms with Crippen LogP contribution in [0.3, 0.4) is 0 Å². The van der Waals surface area contributed by atoms with Gasteiger partial charge in [-0.05, 0) is 40.8 Å². The van der Waals surface area contributed by atoms with Crippen LogP contribution in [0.5, 0.6) is 0 Å². The molecule has 0 atom stereocenters. The van der Waals surface area contributed by atoms with Gasteiger partial charge in [-0.2, -0.15) is 0 Å². The van der Waals surface area contributed by atoms with E-state index in [1.165, 1.54) is 0 Å². The Morgan fingerprint density at radius 2 is 0.722 bits per heavy atom. The summed E-state index contributed by atoms with van der Waals surface area (Å²) in [6.07, 6.45) is 0. The van der Waals surface area contributed by atoms with Crippen LogP contribution in [-0.2, 0) is 0 Å². The number of fused-ring (bicyclic) bond motifs is 5. The summed E-state index contributed by atoms with van der Waals surface area (Å²) >= 11 is 0. The lowest BCUT2D eigenvalue weighted by atomic mass is 9.94. The Hall–Kier alpha value is -7.37. The van der Waals surface area contributed by atoms with Crippen LogP contribution in [0.4, 0.5) is 0 Å². The summed E-state index contributed by atoms with van der Waals surface area (Å²) < 4.78 is 0. The molecule has 3 heterocycles. The minimum Gasteiger partial charge on any atom is -0.248 e. The first-order valence-corrected chi connectivity index (χ1v) is 18.0. The van der Waals surface area contributed by atoms with Gasteiger partial charge in [-0.25, -0.2) is 24.9 Å². The second-order valence-electron chi connectivity index (χ2n) is 13.3. The lowest BCUT2D eigenvalue weighted by Gasteiger charge is -2.14. The molecule has 0 saturated heterocycles. The van der Waals surface area contributed by atoms with Gasteiger partial charge < -0.3 is 0 Å². The molecule has 0 bridgehead atoms. The second-order valence-corrected chi connectivity index (χ2v) is 13.3. The molecule has 0 aliphatic heterocycles. The number of pyridine rings is 2. The SMILES string of the molecule is c1ccc(-c2ccc3c(ccc4c5ccc(-c6ccc(-c7nc(-c8ccccc8)nc(-c8ccccc8)n7)cc6)cc5nc(-c5ccccc5)c34)n2)cc1. The fraction of sp³-hybridized carbons (Fsp3) is 0. The van der Waals surface area contributed by atoms with Gasteiger partial charge in [0.1, 0.15) is 0 Å². The van der Waals surface area contributed by atoms with Crippen molar-refractivity contribution in [1.82, 2.24) is 24.9 Å². The highest BCUT2D eigenvalue weighted by atomic mass is 15.0. The predicted octanol–water partition coefficient (Wildman–Crippen LogP) is 12.1. The molecule has 0 amide bonds. The molecule has 10 rings (SSSR count). The van der Waals surface area contributed by atoms with Gasteiger partial charge in [0.15, 0.2) is 17.5 Å². The minimum absolute atomic E-state index is 0.631. The predicted molar refractivity (Wildman–Crippen MR) is 221 cm³/mol. The molecule has 7 aromatic carbocycles. The molecule has 0 radical (unpaired) electrons. The van der Waals surface area contributed by atoms with E-state index in [1.807, 2.05) is 84.9 Å². The van der Waals surface area contributed by atoms with Crippen molar-refractivity contribution < 1.29 is 0 Å². The molecular formula is C49H31N5. The summed E-state index contributed by atoms with van der Waals surface area (Å²) in [5, 5.41) is 4.45. The zero-order chi connectivity index (χ0) is 35.8. The third kappa shape index (κ3) is 5.74. The van der Waals surface area contributed by atoms with Crippen LogP contribution in [0.1, 0.15) is 0 Å². The van der Waals surface area contributed by atoms with Crippen LogP contribution < -0.4 is 0 Å². The average Bonchev–Trinajstić information content (AvgIpc) is 3.26. The van der Waals surface area contributed by atoms with E-state index in [2.05, 4.69) is 103 Å². The topological polar surface area (TPSA) is 64.5 Å². The fourth-order valence-electron chi connectivity index (χ4n) is 7.22. The van der Waals surface area contributed by atoms with Crippen molar-refractivity contribution in [2.45, 2.75) is 0 Å². The molecule has 5 nitrogen and oxygen atoms in total. The molecule has 3 aromatic heterocycles. The summed E-state index contributed by atoms with van der Waals surface area (Å²) in [5.74, 6) is 1.92. The lowest BCUT2D eigenvalue weighted by molar-refractivity contribution is 1.07. The van der Waals surface area contributed by atoms with Gasteiger partial charge in [0.05, 0.1) is 22.4 Å². The Kier molecular flexibility index (Phi) is 7.73. The molecule has 0 spiro atoms. The highest BCUT2D eigenvalue weighted by Gasteiger charge is 2.16. The summed E-state index contributed by atoms with van der Waals surface area (Å²) in [6, 6.07) is 64.5. The molecule has 54 heavy (non-hydrogen) atoms. The van der Waals surface area contributed by atoms with Crippen molar-refractivity contribution in [3.63, 3.8) is 0 Å². The Labute approximate surface area is 312 Å². The zero-order valence-corrected chi connectivity index (χ0v) is 29.1. The molecular weight excluding hydrogens is 659 g/mol. The molecule has 0 unspecified atom stereocenters. The average molecular weight is 690 g/mol. The third-order valence-corrected chi connectivity index (χ3v) is 9.92. The van der Waals surface area contributed by atoms with E-state index in [0.717, 1.165) is 82.9 Å². The van der Waals surface area contributed by atoms with Gasteiger partial charge in [-0.3, -0.25) is 0 Å². The van der Waals surface area contributed by atoms with Gasteiger partial charge in [0, 0.05) is 44.0 Å². The van der Waals surface area contributed by atoms with E-state index in [1.54, 1.807) is 0 Å². The van der Waals surface area contributed by atoms with E-state index in [4.69, 9.17) is 24.9 Å². The minimum atomic E-state index is 0.631. The van der Waals surface area contributed by atoms with Crippen LogP contribution in [-0.4, -0.2) is 24.9 Å². The quantitative estimate of drug-likeness (QED) is 0.163. The monoisotopic (exact) mass is 689 g/mol. The largest absolute Gasteiger partial charge is 0.248 e. The van der Waals surface area contributed by atoms with Crippen molar-refractivity contribution in [2.24, 2.45) is 0 Å². The highest BCUT2D eigenvalue weighted by molar-refractivity contribution is 6.21. The van der Waals surface area contributed by atoms with Crippen molar-refractivity contribution in [1.29, 1.82) is 0 Å². The van der Waals surface area contributed by atoms with Crippen molar-refractivity contribution in [3.05, 3.63) is 188 Å². The van der Waals surface area contributed by atoms with Crippen LogP contribution in [0, 0.1) is 0 Å². The van der Waals surface area contributed by atoms with Crippen LogP contribution in [0.2, 0.25) is 0 Å². The van der Waals surface area contributed by atoms with E-state index < -0.39 is 0 Å². The van der Waals surface area contributed by atoms with E-state index in [-0.39, 0.29) is 0 Å². The molecule has 0 aliphatic carbocycles. The molecule has 252 valence electrons. The van der Waals surface area contributed by atoms with E-state index in [9.17, 15) is 0 Å². The normalized spacial score (nSPS) is 11.3. The summed E-state index contributed by atoms with van der Waals surface area (Å²) in [5.41, 5.74) is 10.9. The number of nitrogens with zero attached hydrogens (tertiary/aromatic N) is 5. The molecule has 0 saturated carbocycles. The smallest absolute Gasteiger partial charge is 0.164 e. The first-order valence-electron chi connectivity index (χ1n) is 18.0. The number of hydrogen-bond donors (Lipinski definition) is 0. The standard InChI is InChI=1S/C49H31N5/c1-5-13-33(14-6-1)42-29-28-41-43(50-42)30-27-40-39-26-25-38(31-44(39)51-46(45(40)41)34-15-7-2-8-16-34)32-21-23-37(24-22-32)49-53-47(35-17-9-3-10-18-35)52-48(54-49)36-19-11-4-12-20-36/h1-31H. The highest BCUT2D eigenvalue weighted by Crippen LogP contribution is 2.39. The Bertz CT molecular complexity index is 2890. The molecule has 0 fully saturated rings. The molecule has 5 heteroatoms.